The third-order valence-electron chi connectivity index (χ3n) is 1.08. The second kappa shape index (κ2) is 19.9. The number of aliphatic hydroxyl groups is 1. The summed E-state index contributed by atoms with van der Waals surface area (Å²) in [5.74, 6) is -1.31. The van der Waals surface area contributed by atoms with Crippen molar-refractivity contribution in [2.75, 3.05) is 6.61 Å². The van der Waals surface area contributed by atoms with Crippen LogP contribution in [0.25, 0.3) is 0 Å². The van der Waals surface area contributed by atoms with Gasteiger partial charge in [0.25, 0.3) is 0 Å². The van der Waals surface area contributed by atoms with E-state index in [0.717, 1.165) is 6.92 Å². The van der Waals surface area contributed by atoms with E-state index in [4.69, 9.17) is 38.3 Å². The average Bonchev–Trinajstić information content (AvgIpc) is 2.34. The van der Waals surface area contributed by atoms with E-state index >= 15 is 0 Å². The van der Waals surface area contributed by atoms with Crippen molar-refractivity contribution < 1.29 is 67.4 Å². The molecule has 0 aliphatic heterocycles. The minimum atomic E-state index is -1.75. The van der Waals surface area contributed by atoms with Gasteiger partial charge in [-0.2, -0.15) is 0 Å². The van der Waals surface area contributed by atoms with Crippen LogP contribution in [-0.4, -0.2) is 53.8 Å². The third kappa shape index (κ3) is 15.9. The molecule has 0 spiro atoms. The topological polar surface area (TPSA) is 193 Å². The summed E-state index contributed by atoms with van der Waals surface area (Å²) in [4.78, 5) is 20.1. The fourth-order valence-corrected chi connectivity index (χ4v) is 0.155. The van der Waals surface area contributed by atoms with Crippen LogP contribution in [0.4, 0.5) is 0 Å². The molecule has 97 valence electrons. The molecule has 0 aliphatic rings. The molecule has 0 rings (SSSR count). The summed E-state index contributed by atoms with van der Waals surface area (Å²) in [5.41, 5.74) is -1.62. The van der Waals surface area contributed by atoms with Crippen LogP contribution in [0, 0.1) is 5.41 Å². The van der Waals surface area contributed by atoms with Crippen molar-refractivity contribution in [2.45, 2.75) is 6.92 Å². The van der Waals surface area contributed by atoms with Crippen LogP contribution < -0.4 is 0 Å². The molecule has 0 saturated carbocycles. The van der Waals surface area contributed by atoms with Gasteiger partial charge in [-0.25, -0.2) is 0 Å². The zero-order valence-electron chi connectivity index (χ0n) is 8.14. The number of carbonyl (C=O) groups excluding carboxylic acids is 1. The van der Waals surface area contributed by atoms with Crippen LogP contribution in [0.5, 0.6) is 0 Å². The number of hydrogen-bond donors (Lipinski definition) is 7. The first kappa shape index (κ1) is 24.6. The predicted octanol–water partition coefficient (Wildman–Crippen LogP) is -1.37. The molecule has 0 bridgehead atoms. The average molecular weight is 281 g/mol. The summed E-state index contributed by atoms with van der Waals surface area (Å²) in [5, 5.41) is 40.6. The Kier molecular flexibility index (Phi) is 30.6. The summed E-state index contributed by atoms with van der Waals surface area (Å²) in [6.45, 7) is 0.494. The van der Waals surface area contributed by atoms with Crippen molar-refractivity contribution in [3.8, 4) is 0 Å². The Balaban J connectivity index is -0.0000000864. The van der Waals surface area contributed by atoms with Crippen LogP contribution in [0.3, 0.4) is 0 Å². The summed E-state index contributed by atoms with van der Waals surface area (Å²) in [6, 6.07) is 0. The first-order chi connectivity index (χ1) is 7.48. The predicted molar refractivity (Wildman–Crippen MR) is 42.3 cm³/mol. The molecule has 1 atom stereocenters. The van der Waals surface area contributed by atoms with Gasteiger partial charge in [-0.1, -0.05) is 0 Å². The molecule has 0 aliphatic carbocycles. The molecule has 0 aromatic carbocycles. The second-order valence-electron chi connectivity index (χ2n) is 2.09. The Hall–Kier alpha value is -0.586. The molecule has 11 heteroatoms. The van der Waals surface area contributed by atoms with Gasteiger partial charge in [-0.05, 0) is 6.92 Å². The molecule has 16 heavy (non-hydrogen) atoms. The number of aldehydes is 1. The standard InChI is InChI=1S/C5H8O4.2H2O2.H2O.O.Ti/c1-5(2-6,3-7)4(8)9;2*1-2;;;/h2,7H,3H2,1H3,(H,8,9);2*1-2H;1H2;;/q;;;;;+1/p-1. The third-order valence-corrected chi connectivity index (χ3v) is 1.08. The van der Waals surface area contributed by atoms with E-state index in [-0.39, 0.29) is 6.29 Å². The van der Waals surface area contributed by atoms with E-state index in [1.807, 2.05) is 0 Å². The van der Waals surface area contributed by atoms with Crippen LogP contribution in [0.2, 0.25) is 0 Å². The van der Waals surface area contributed by atoms with E-state index in [9.17, 15) is 9.59 Å². The number of rotatable bonds is 3. The van der Waals surface area contributed by atoms with Gasteiger partial charge >= 0.3 is 32.5 Å². The van der Waals surface area contributed by atoms with Crippen molar-refractivity contribution >= 4 is 12.3 Å². The van der Waals surface area contributed by atoms with Crippen molar-refractivity contribution in [1.82, 2.24) is 0 Å². The molecule has 0 heterocycles. The zero-order valence-corrected chi connectivity index (χ0v) is 9.70. The van der Waals surface area contributed by atoms with Gasteiger partial charge in [-0.15, -0.1) is 0 Å². The first-order valence-electron chi connectivity index (χ1n) is 3.20. The Morgan fingerprint density at radius 1 is 1.31 bits per heavy atom. The monoisotopic (exact) mass is 281 g/mol. The van der Waals surface area contributed by atoms with Crippen molar-refractivity contribution in [3.63, 3.8) is 0 Å². The van der Waals surface area contributed by atoms with Crippen LogP contribution >= 0.6 is 0 Å². The maximum absolute atomic E-state index is 10.1. The quantitative estimate of drug-likeness (QED) is 0.106. The fraction of sp³-hybridized carbons (Fsp3) is 0.600. The van der Waals surface area contributed by atoms with E-state index < -0.39 is 37.5 Å². The van der Waals surface area contributed by atoms with Gasteiger partial charge in [0.2, 0.25) is 0 Å². The van der Waals surface area contributed by atoms with E-state index in [2.05, 4.69) is 0 Å². The second-order valence-corrected chi connectivity index (χ2v) is 2.37. The van der Waals surface area contributed by atoms with Crippen LogP contribution in [0.15, 0.2) is 0 Å². The Morgan fingerprint density at radius 2 is 1.56 bits per heavy atom. The molecule has 0 aromatic rings. The fourth-order valence-electron chi connectivity index (χ4n) is 0.155. The van der Waals surface area contributed by atoms with Crippen molar-refractivity contribution in [2.24, 2.45) is 5.41 Å². The van der Waals surface area contributed by atoms with Gasteiger partial charge < -0.3 is 15.0 Å². The molecule has 10 nitrogen and oxygen atoms in total. The van der Waals surface area contributed by atoms with Gasteiger partial charge in [0.05, 0.1) is 6.61 Å². The van der Waals surface area contributed by atoms with E-state index in [0.29, 0.717) is 0 Å². The van der Waals surface area contributed by atoms with E-state index in [1.54, 1.807) is 0 Å². The number of carbonyl (C=O) groups is 2. The van der Waals surface area contributed by atoms with Gasteiger partial charge in [0.15, 0.2) is 0 Å². The molecule has 0 fully saturated rings. The minimum absolute atomic E-state index is 0.218. The Morgan fingerprint density at radius 3 is 1.56 bits per heavy atom. The van der Waals surface area contributed by atoms with Crippen molar-refractivity contribution in [3.05, 3.63) is 0 Å². The van der Waals surface area contributed by atoms with Crippen LogP contribution in [-0.2, 0) is 32.4 Å². The Bertz CT molecular complexity index is 173. The van der Waals surface area contributed by atoms with E-state index in [1.165, 1.54) is 0 Å². The number of carboxylic acids is 1. The van der Waals surface area contributed by atoms with Crippen LogP contribution in [0.1, 0.15) is 6.92 Å². The molecular weight excluding hydrogens is 268 g/mol. The normalized spacial score (nSPS) is 10.4. The molecule has 0 aromatic heterocycles. The van der Waals surface area contributed by atoms with Gasteiger partial charge in [-0.3, -0.25) is 25.8 Å². The number of hydrogen-bond acceptors (Lipinski definition) is 8. The Labute approximate surface area is 99.0 Å². The molecule has 0 saturated heterocycles. The summed E-state index contributed by atoms with van der Waals surface area (Å²) in [6.07, 6.45) is 0.218. The molecular formula is C5H13O10Ti. The van der Waals surface area contributed by atoms with Gasteiger partial charge in [0.1, 0.15) is 11.7 Å². The van der Waals surface area contributed by atoms with Gasteiger partial charge in [0, 0.05) is 0 Å². The molecule has 1 unspecified atom stereocenters. The molecule has 7 N–H and O–H groups in total. The summed E-state index contributed by atoms with van der Waals surface area (Å²) in [7, 11) is 0. The maximum atomic E-state index is 10.1. The number of aliphatic carboxylic acids is 1. The number of aliphatic hydroxyl groups excluding tert-OH is 1. The SMILES string of the molecule is CC(C=O)(CO)C(=O)O.OO.OO.[O]=[Ti][OH]. The molecule has 0 amide bonds. The molecule has 0 radical (unpaired) electrons. The van der Waals surface area contributed by atoms with Crippen molar-refractivity contribution in [1.29, 1.82) is 0 Å². The zero-order chi connectivity index (χ0) is 14.2. The summed E-state index contributed by atoms with van der Waals surface area (Å²) >= 11 is -1.75. The first-order valence-corrected chi connectivity index (χ1v) is 4.54. The number of carboxylic acid groups (broad SMARTS) is 1. The summed E-state index contributed by atoms with van der Waals surface area (Å²) < 4.78 is 15.8.